The van der Waals surface area contributed by atoms with E-state index in [1.54, 1.807) is 36.4 Å². The van der Waals surface area contributed by atoms with E-state index in [2.05, 4.69) is 20.8 Å². The third-order valence-corrected chi connectivity index (χ3v) is 5.16. The van der Waals surface area contributed by atoms with Crippen molar-refractivity contribution in [3.8, 4) is 11.5 Å². The van der Waals surface area contributed by atoms with E-state index in [1.165, 1.54) is 19.4 Å². The van der Waals surface area contributed by atoms with Crippen LogP contribution in [0.25, 0.3) is 0 Å². The second kappa shape index (κ2) is 9.44. The first-order valence-electron chi connectivity index (χ1n) is 8.45. The second-order valence-corrected chi connectivity index (χ2v) is 7.56. The number of hydrogen-bond donors (Lipinski definition) is 3. The van der Waals surface area contributed by atoms with Crippen LogP contribution in [0.2, 0.25) is 5.02 Å². The molecule has 3 rings (SSSR count). The molecule has 0 saturated carbocycles. The maximum atomic E-state index is 12.2. The first-order valence-corrected chi connectivity index (χ1v) is 9.71. The molecule has 0 bridgehead atoms. The molecule has 0 radical (unpaired) electrons. The molecule has 0 spiro atoms. The number of anilines is 1. The lowest BCUT2D eigenvalue weighted by molar-refractivity contribution is -0.122. The van der Waals surface area contributed by atoms with Gasteiger partial charge in [0.25, 0.3) is 0 Å². The molecule has 1 fully saturated rings. The Kier molecular flexibility index (Phi) is 6.73. The van der Waals surface area contributed by atoms with Gasteiger partial charge in [-0.1, -0.05) is 23.4 Å². The molecule has 1 heterocycles. The highest BCUT2D eigenvalue weighted by Crippen LogP contribution is 2.26. The van der Waals surface area contributed by atoms with E-state index in [0.717, 1.165) is 11.8 Å². The minimum atomic E-state index is -0.593. The molecular weight excluding hydrogens is 416 g/mol. The maximum Gasteiger partial charge on any atom is 0.240 e. The van der Waals surface area contributed by atoms with Crippen molar-refractivity contribution in [1.29, 1.82) is 0 Å². The number of ether oxygens (including phenoxy) is 1. The Bertz CT molecular complexity index is 979. The molecule has 1 saturated heterocycles. The average Bonchev–Trinajstić information content (AvgIpc) is 3.04. The number of carbonyl (C=O) groups is 2. The lowest BCUT2D eigenvalue weighted by Gasteiger charge is -2.07. The number of phenolic OH excluding ortho intramolecular Hbond substituents is 1. The van der Waals surface area contributed by atoms with Crippen LogP contribution in [0, 0.1) is 0 Å². The van der Waals surface area contributed by atoms with Crippen LogP contribution in [0.5, 0.6) is 11.5 Å². The molecule has 1 unspecified atom stereocenters. The summed E-state index contributed by atoms with van der Waals surface area (Å²) in [6.07, 6.45) is 1.46. The summed E-state index contributed by atoms with van der Waals surface area (Å²) in [5.41, 5.74) is 1.27. The number of amidine groups is 1. The molecule has 2 aromatic rings. The highest BCUT2D eigenvalue weighted by Gasteiger charge is 2.32. The van der Waals surface area contributed by atoms with Crippen molar-refractivity contribution < 1.29 is 19.4 Å². The van der Waals surface area contributed by atoms with Crippen LogP contribution in [0.1, 0.15) is 12.0 Å². The fourth-order valence-electron chi connectivity index (χ4n) is 2.42. The van der Waals surface area contributed by atoms with Gasteiger partial charge in [0.1, 0.15) is 5.25 Å². The Morgan fingerprint density at radius 1 is 1.34 bits per heavy atom. The van der Waals surface area contributed by atoms with Gasteiger partial charge in [-0.3, -0.25) is 9.59 Å². The molecular formula is C19H17ClN4O4S. The van der Waals surface area contributed by atoms with Gasteiger partial charge in [0.05, 0.1) is 13.3 Å². The molecule has 8 nitrogen and oxygen atoms in total. The van der Waals surface area contributed by atoms with Crippen molar-refractivity contribution >= 4 is 52.2 Å². The number of methoxy groups -OCH3 is 1. The Morgan fingerprint density at radius 3 is 2.83 bits per heavy atom. The minimum absolute atomic E-state index is 0.00295. The van der Waals surface area contributed by atoms with Gasteiger partial charge >= 0.3 is 0 Å². The van der Waals surface area contributed by atoms with Crippen molar-refractivity contribution in [2.24, 2.45) is 10.2 Å². The van der Waals surface area contributed by atoms with Crippen LogP contribution < -0.4 is 15.4 Å². The second-order valence-electron chi connectivity index (χ2n) is 5.94. The van der Waals surface area contributed by atoms with Crippen LogP contribution >= 0.6 is 23.4 Å². The normalized spacial score (nSPS) is 17.5. The van der Waals surface area contributed by atoms with E-state index in [9.17, 15) is 14.7 Å². The average molecular weight is 433 g/mol. The molecule has 2 aromatic carbocycles. The fourth-order valence-corrected chi connectivity index (χ4v) is 3.47. The van der Waals surface area contributed by atoms with Gasteiger partial charge in [-0.25, -0.2) is 0 Å². The van der Waals surface area contributed by atoms with E-state index in [0.29, 0.717) is 27.2 Å². The number of hydrogen-bond acceptors (Lipinski definition) is 7. The minimum Gasteiger partial charge on any atom is -0.504 e. The topological polar surface area (TPSA) is 112 Å². The summed E-state index contributed by atoms with van der Waals surface area (Å²) in [7, 11) is 1.45. The molecule has 29 heavy (non-hydrogen) atoms. The monoisotopic (exact) mass is 432 g/mol. The molecule has 1 aliphatic rings. The van der Waals surface area contributed by atoms with Gasteiger partial charge in [-0.15, -0.1) is 5.10 Å². The third-order valence-electron chi connectivity index (χ3n) is 3.83. The standard InChI is InChI=1S/C19H17ClN4O4S/c1-28-15-8-11(2-7-14(15)25)10-21-24-19-23-18(27)16(29-19)9-17(26)22-13-5-3-12(20)4-6-13/h2-8,10,16,25H,9H2,1H3,(H,22,26)(H,23,24,27). The molecule has 0 aliphatic carbocycles. The van der Waals surface area contributed by atoms with E-state index in [4.69, 9.17) is 16.3 Å². The van der Waals surface area contributed by atoms with Crippen LogP contribution in [0.3, 0.4) is 0 Å². The Morgan fingerprint density at radius 2 is 2.10 bits per heavy atom. The smallest absolute Gasteiger partial charge is 0.240 e. The number of benzene rings is 2. The van der Waals surface area contributed by atoms with E-state index in [1.807, 2.05) is 0 Å². The Hall–Kier alpha value is -3.04. The summed E-state index contributed by atoms with van der Waals surface area (Å²) in [6.45, 7) is 0. The van der Waals surface area contributed by atoms with Crippen LogP contribution in [0.4, 0.5) is 5.69 Å². The summed E-state index contributed by atoms with van der Waals surface area (Å²) in [6, 6.07) is 11.4. The predicted molar refractivity (Wildman–Crippen MR) is 114 cm³/mol. The zero-order chi connectivity index (χ0) is 20.8. The van der Waals surface area contributed by atoms with Gasteiger partial charge in [-0.2, -0.15) is 5.10 Å². The van der Waals surface area contributed by atoms with Crippen LogP contribution in [0.15, 0.2) is 52.7 Å². The van der Waals surface area contributed by atoms with Gasteiger partial charge in [-0.05, 0) is 48.0 Å². The summed E-state index contributed by atoms with van der Waals surface area (Å²) in [4.78, 5) is 24.2. The van der Waals surface area contributed by atoms with Gasteiger partial charge in [0, 0.05) is 17.1 Å². The number of thioether (sulfide) groups is 1. The molecule has 150 valence electrons. The van der Waals surface area contributed by atoms with Gasteiger partial charge in [0.2, 0.25) is 11.8 Å². The summed E-state index contributed by atoms with van der Waals surface area (Å²) in [5.74, 6) is -0.256. The molecule has 2 amide bonds. The number of halogens is 1. The molecule has 3 N–H and O–H groups in total. The number of amides is 2. The number of carbonyl (C=O) groups excluding carboxylic acids is 2. The van der Waals surface area contributed by atoms with Crippen molar-refractivity contribution in [2.45, 2.75) is 11.7 Å². The Balaban J connectivity index is 1.56. The SMILES string of the molecule is COc1cc(C=N/N=C2/NC(=O)C(CC(=O)Nc3ccc(Cl)cc3)S2)ccc1O. The maximum absolute atomic E-state index is 12.2. The number of aromatic hydroxyl groups is 1. The highest BCUT2D eigenvalue weighted by atomic mass is 35.5. The quantitative estimate of drug-likeness (QED) is 0.479. The molecule has 0 aromatic heterocycles. The molecule has 1 aliphatic heterocycles. The summed E-state index contributed by atoms with van der Waals surface area (Å²) >= 11 is 6.95. The van der Waals surface area contributed by atoms with Crippen molar-refractivity contribution in [3.63, 3.8) is 0 Å². The number of rotatable bonds is 6. The molecule has 1 atom stereocenters. The third kappa shape index (κ3) is 5.72. The van der Waals surface area contributed by atoms with Gasteiger partial charge < -0.3 is 20.5 Å². The highest BCUT2D eigenvalue weighted by molar-refractivity contribution is 8.15. The zero-order valence-corrected chi connectivity index (χ0v) is 16.8. The van der Waals surface area contributed by atoms with Gasteiger partial charge in [0.15, 0.2) is 16.7 Å². The number of phenols is 1. The van der Waals surface area contributed by atoms with Crippen LogP contribution in [-0.2, 0) is 9.59 Å². The first-order chi connectivity index (χ1) is 13.9. The number of nitrogens with zero attached hydrogens (tertiary/aromatic N) is 2. The van der Waals surface area contributed by atoms with E-state index in [-0.39, 0.29) is 24.0 Å². The molecule has 10 heteroatoms. The largest absolute Gasteiger partial charge is 0.504 e. The predicted octanol–water partition coefficient (Wildman–Crippen LogP) is 3.00. The summed E-state index contributed by atoms with van der Waals surface area (Å²) < 4.78 is 5.03. The Labute approximate surface area is 176 Å². The lowest BCUT2D eigenvalue weighted by Crippen LogP contribution is -2.28. The zero-order valence-electron chi connectivity index (χ0n) is 15.3. The van der Waals surface area contributed by atoms with E-state index < -0.39 is 5.25 Å². The van der Waals surface area contributed by atoms with Crippen molar-refractivity contribution in [3.05, 3.63) is 53.1 Å². The first kappa shape index (κ1) is 20.7. The lowest BCUT2D eigenvalue weighted by atomic mass is 10.2. The van der Waals surface area contributed by atoms with Crippen molar-refractivity contribution in [2.75, 3.05) is 12.4 Å². The number of nitrogens with one attached hydrogen (secondary N) is 2. The van der Waals surface area contributed by atoms with E-state index >= 15 is 0 Å². The fraction of sp³-hybridized carbons (Fsp3) is 0.158. The summed E-state index contributed by atoms with van der Waals surface area (Å²) in [5, 5.41) is 23.1. The van der Waals surface area contributed by atoms with Crippen LogP contribution in [-0.4, -0.2) is 40.7 Å². The van der Waals surface area contributed by atoms with Crippen molar-refractivity contribution in [1.82, 2.24) is 5.32 Å².